The topological polar surface area (TPSA) is 38.0 Å². The molecule has 1 heterocycles. The molecular formula is C12H13FN2O. The average Bonchev–Trinajstić information content (AvgIpc) is 2.65. The summed E-state index contributed by atoms with van der Waals surface area (Å²) in [7, 11) is 1.79. The Morgan fingerprint density at radius 3 is 2.75 bits per heavy atom. The molecule has 1 unspecified atom stereocenters. The predicted molar refractivity (Wildman–Crippen MR) is 58.3 cm³/mol. The van der Waals surface area contributed by atoms with Crippen molar-refractivity contribution in [3.05, 3.63) is 53.9 Å². The Balaban J connectivity index is 2.51. The van der Waals surface area contributed by atoms with Gasteiger partial charge >= 0.3 is 0 Å². The van der Waals surface area contributed by atoms with Crippen molar-refractivity contribution in [1.29, 1.82) is 0 Å². The van der Waals surface area contributed by atoms with Gasteiger partial charge in [-0.1, -0.05) is 12.1 Å². The first kappa shape index (κ1) is 10.8. The van der Waals surface area contributed by atoms with Crippen molar-refractivity contribution >= 4 is 0 Å². The molecule has 1 aromatic carbocycles. The highest BCUT2D eigenvalue weighted by Crippen LogP contribution is 2.27. The van der Waals surface area contributed by atoms with Crippen molar-refractivity contribution in [3.63, 3.8) is 0 Å². The summed E-state index contributed by atoms with van der Waals surface area (Å²) in [4.78, 5) is 4.08. The molecule has 0 amide bonds. The van der Waals surface area contributed by atoms with E-state index < -0.39 is 5.60 Å². The lowest BCUT2D eigenvalue weighted by atomic mass is 9.95. The molecule has 0 radical (unpaired) electrons. The maximum Gasteiger partial charge on any atom is 0.144 e. The number of hydrogen-bond donors (Lipinski definition) is 1. The van der Waals surface area contributed by atoms with Crippen LogP contribution in [0, 0.1) is 5.82 Å². The largest absolute Gasteiger partial charge is 0.377 e. The van der Waals surface area contributed by atoms with E-state index in [2.05, 4.69) is 4.98 Å². The Bertz CT molecular complexity index is 505. The number of benzene rings is 1. The maximum absolute atomic E-state index is 13.1. The van der Waals surface area contributed by atoms with Gasteiger partial charge < -0.3 is 9.67 Å². The average molecular weight is 220 g/mol. The summed E-state index contributed by atoms with van der Waals surface area (Å²) < 4.78 is 14.8. The second-order valence-electron chi connectivity index (χ2n) is 3.94. The molecule has 0 aliphatic heterocycles. The van der Waals surface area contributed by atoms with Crippen molar-refractivity contribution < 1.29 is 9.50 Å². The van der Waals surface area contributed by atoms with E-state index in [1.54, 1.807) is 43.1 Å². The number of aromatic nitrogens is 2. The van der Waals surface area contributed by atoms with Gasteiger partial charge in [0.1, 0.15) is 17.2 Å². The molecule has 84 valence electrons. The third-order valence-electron chi connectivity index (χ3n) is 2.64. The third kappa shape index (κ3) is 1.72. The van der Waals surface area contributed by atoms with Crippen LogP contribution in [0.1, 0.15) is 18.3 Å². The van der Waals surface area contributed by atoms with Gasteiger partial charge in [-0.15, -0.1) is 0 Å². The number of hydrogen-bond acceptors (Lipinski definition) is 2. The summed E-state index contributed by atoms with van der Waals surface area (Å²) in [6.07, 6.45) is 3.34. The molecular weight excluding hydrogens is 207 g/mol. The van der Waals surface area contributed by atoms with Gasteiger partial charge in [0.05, 0.1) is 0 Å². The SMILES string of the molecule is Cn1ccnc1C(C)(O)c1cccc(F)c1. The zero-order valence-electron chi connectivity index (χ0n) is 9.18. The van der Waals surface area contributed by atoms with Gasteiger partial charge in [0, 0.05) is 19.4 Å². The van der Waals surface area contributed by atoms with Crippen LogP contribution in [0.25, 0.3) is 0 Å². The molecule has 3 nitrogen and oxygen atoms in total. The molecule has 4 heteroatoms. The number of halogens is 1. The summed E-state index contributed by atoms with van der Waals surface area (Å²) in [5.74, 6) is 0.116. The first-order valence-electron chi connectivity index (χ1n) is 4.98. The monoisotopic (exact) mass is 220 g/mol. The van der Waals surface area contributed by atoms with Crippen molar-refractivity contribution in [2.45, 2.75) is 12.5 Å². The zero-order chi connectivity index (χ0) is 11.8. The van der Waals surface area contributed by atoms with Crippen LogP contribution in [-0.4, -0.2) is 14.7 Å². The van der Waals surface area contributed by atoms with Gasteiger partial charge in [0.15, 0.2) is 0 Å². The lowest BCUT2D eigenvalue weighted by Crippen LogP contribution is -2.26. The zero-order valence-corrected chi connectivity index (χ0v) is 9.18. The van der Waals surface area contributed by atoms with Crippen LogP contribution in [-0.2, 0) is 12.6 Å². The number of aliphatic hydroxyl groups is 1. The second-order valence-corrected chi connectivity index (χ2v) is 3.94. The van der Waals surface area contributed by atoms with E-state index in [1.165, 1.54) is 12.1 Å². The van der Waals surface area contributed by atoms with Crippen molar-refractivity contribution in [2.24, 2.45) is 7.05 Å². The Kier molecular flexibility index (Phi) is 2.52. The molecule has 0 aliphatic rings. The van der Waals surface area contributed by atoms with Crippen LogP contribution < -0.4 is 0 Å². The standard InChI is InChI=1S/C12H13FN2O/c1-12(16,11-14-6-7-15(11)2)9-4-3-5-10(13)8-9/h3-8,16H,1-2H3. The first-order valence-corrected chi connectivity index (χ1v) is 4.98. The molecule has 0 saturated carbocycles. The van der Waals surface area contributed by atoms with Crippen LogP contribution >= 0.6 is 0 Å². The lowest BCUT2D eigenvalue weighted by Gasteiger charge is -2.23. The second kappa shape index (κ2) is 3.72. The van der Waals surface area contributed by atoms with E-state index in [0.717, 1.165) is 0 Å². The van der Waals surface area contributed by atoms with Gasteiger partial charge in [0.2, 0.25) is 0 Å². The van der Waals surface area contributed by atoms with E-state index in [4.69, 9.17) is 0 Å². The Morgan fingerprint density at radius 1 is 1.44 bits per heavy atom. The maximum atomic E-state index is 13.1. The van der Waals surface area contributed by atoms with E-state index in [-0.39, 0.29) is 5.82 Å². The fourth-order valence-corrected chi connectivity index (χ4v) is 1.76. The number of rotatable bonds is 2. The molecule has 1 aromatic heterocycles. The van der Waals surface area contributed by atoms with E-state index in [0.29, 0.717) is 11.4 Å². The minimum Gasteiger partial charge on any atom is -0.377 e. The molecule has 2 aromatic rings. The number of aryl methyl sites for hydroxylation is 1. The molecule has 2 rings (SSSR count). The Labute approximate surface area is 93.2 Å². The summed E-state index contributed by atoms with van der Waals surface area (Å²) in [5, 5.41) is 10.4. The van der Waals surface area contributed by atoms with Crippen LogP contribution in [0.15, 0.2) is 36.7 Å². The summed E-state index contributed by atoms with van der Waals surface area (Å²) in [6, 6.07) is 5.91. The Hall–Kier alpha value is -1.68. The molecule has 1 atom stereocenters. The van der Waals surface area contributed by atoms with Crippen LogP contribution in [0.4, 0.5) is 4.39 Å². The Morgan fingerprint density at radius 2 is 2.19 bits per heavy atom. The number of imidazole rings is 1. The lowest BCUT2D eigenvalue weighted by molar-refractivity contribution is 0.0888. The highest BCUT2D eigenvalue weighted by atomic mass is 19.1. The van der Waals surface area contributed by atoms with E-state index in [1.807, 2.05) is 0 Å². The quantitative estimate of drug-likeness (QED) is 0.838. The number of nitrogens with zero attached hydrogens (tertiary/aromatic N) is 2. The fourth-order valence-electron chi connectivity index (χ4n) is 1.76. The van der Waals surface area contributed by atoms with Crippen LogP contribution in [0.2, 0.25) is 0 Å². The molecule has 0 saturated heterocycles. The third-order valence-corrected chi connectivity index (χ3v) is 2.64. The molecule has 0 spiro atoms. The van der Waals surface area contributed by atoms with Crippen molar-refractivity contribution in [3.8, 4) is 0 Å². The van der Waals surface area contributed by atoms with Crippen molar-refractivity contribution in [1.82, 2.24) is 9.55 Å². The van der Waals surface area contributed by atoms with E-state index in [9.17, 15) is 9.50 Å². The normalized spacial score (nSPS) is 14.8. The van der Waals surface area contributed by atoms with Crippen LogP contribution in [0.5, 0.6) is 0 Å². The molecule has 0 bridgehead atoms. The predicted octanol–water partition coefficient (Wildman–Crippen LogP) is 1.81. The van der Waals surface area contributed by atoms with Gasteiger partial charge in [-0.2, -0.15) is 0 Å². The van der Waals surface area contributed by atoms with Gasteiger partial charge in [-0.3, -0.25) is 0 Å². The molecule has 16 heavy (non-hydrogen) atoms. The van der Waals surface area contributed by atoms with Crippen LogP contribution in [0.3, 0.4) is 0 Å². The van der Waals surface area contributed by atoms with Gasteiger partial charge in [-0.25, -0.2) is 9.37 Å². The highest BCUT2D eigenvalue weighted by Gasteiger charge is 2.29. The molecule has 0 fully saturated rings. The van der Waals surface area contributed by atoms with Crippen molar-refractivity contribution in [2.75, 3.05) is 0 Å². The molecule has 0 aliphatic carbocycles. The van der Waals surface area contributed by atoms with Gasteiger partial charge in [0.25, 0.3) is 0 Å². The van der Waals surface area contributed by atoms with E-state index >= 15 is 0 Å². The van der Waals surface area contributed by atoms with Gasteiger partial charge in [-0.05, 0) is 24.6 Å². The smallest absolute Gasteiger partial charge is 0.144 e. The fraction of sp³-hybridized carbons (Fsp3) is 0.250. The molecule has 1 N–H and O–H groups in total. The summed E-state index contributed by atoms with van der Waals surface area (Å²) in [5.41, 5.74) is -0.804. The highest BCUT2D eigenvalue weighted by molar-refractivity contribution is 5.29. The summed E-state index contributed by atoms with van der Waals surface area (Å²) in [6.45, 7) is 1.60. The minimum atomic E-state index is -1.29. The minimum absolute atomic E-state index is 0.369. The first-order chi connectivity index (χ1) is 7.51. The summed E-state index contributed by atoms with van der Waals surface area (Å²) >= 11 is 0.